The lowest BCUT2D eigenvalue weighted by Crippen LogP contribution is -3.00. The molecule has 0 aliphatic rings. The van der Waals surface area contributed by atoms with Gasteiger partial charge in [-0.05, 0) is 35.9 Å². The highest BCUT2D eigenvalue weighted by Crippen LogP contribution is 2.17. The molecule has 5 heteroatoms. The van der Waals surface area contributed by atoms with Gasteiger partial charge in [0.15, 0.2) is 18.9 Å². The van der Waals surface area contributed by atoms with Crippen molar-refractivity contribution in [2.45, 2.75) is 13.0 Å². The van der Waals surface area contributed by atoms with E-state index in [1.165, 1.54) is 5.56 Å². The SMILES string of the molecule is COc1ccc(CC[n+]2cccc(C(=O)c3cc4ccccc4[nH]3)c2)cc1.[Br-]. The van der Waals surface area contributed by atoms with E-state index < -0.39 is 0 Å². The van der Waals surface area contributed by atoms with E-state index >= 15 is 0 Å². The zero-order valence-electron chi connectivity index (χ0n) is 15.6. The number of nitrogens with one attached hydrogen (secondary N) is 1. The Balaban J connectivity index is 0.00000225. The predicted molar refractivity (Wildman–Crippen MR) is 105 cm³/mol. The summed E-state index contributed by atoms with van der Waals surface area (Å²) in [5, 5.41) is 1.05. The van der Waals surface area contributed by atoms with E-state index in [1.807, 2.05) is 67.0 Å². The molecule has 0 saturated heterocycles. The fourth-order valence-electron chi connectivity index (χ4n) is 3.20. The summed E-state index contributed by atoms with van der Waals surface area (Å²) in [6.07, 6.45) is 4.79. The molecule has 0 aliphatic carbocycles. The van der Waals surface area contributed by atoms with Crippen LogP contribution in [0.25, 0.3) is 10.9 Å². The molecule has 1 N–H and O–H groups in total. The summed E-state index contributed by atoms with van der Waals surface area (Å²) in [6.45, 7) is 0.806. The van der Waals surface area contributed by atoms with Crippen LogP contribution in [0.1, 0.15) is 21.6 Å². The van der Waals surface area contributed by atoms with Gasteiger partial charge in [-0.15, -0.1) is 0 Å². The molecule has 0 unspecified atom stereocenters. The first kappa shape index (κ1) is 19.8. The average Bonchev–Trinajstić information content (AvgIpc) is 3.16. The molecule has 0 aliphatic heterocycles. The molecule has 142 valence electrons. The summed E-state index contributed by atoms with van der Waals surface area (Å²) in [4.78, 5) is 16.1. The Hall–Kier alpha value is -2.92. The third-order valence-electron chi connectivity index (χ3n) is 4.71. The molecule has 0 spiro atoms. The Bertz CT molecular complexity index is 1050. The van der Waals surface area contributed by atoms with Gasteiger partial charge in [0.05, 0.1) is 18.4 Å². The van der Waals surface area contributed by atoms with Crippen molar-refractivity contribution in [1.82, 2.24) is 4.98 Å². The second kappa shape index (κ2) is 8.85. The number of aryl methyl sites for hydroxylation is 2. The number of benzene rings is 2. The standard InChI is InChI=1S/C23H20N2O2.BrH/c1-27-20-10-8-17(9-11-20)12-14-25-13-4-6-19(16-25)23(26)22-15-18-5-2-3-7-21(18)24-22;/h2-11,13,15-16H,12,14H2,1H3;1H. The van der Waals surface area contributed by atoms with Crippen LogP contribution in [0.15, 0.2) is 79.1 Å². The van der Waals surface area contributed by atoms with Gasteiger partial charge in [-0.25, -0.2) is 4.57 Å². The van der Waals surface area contributed by atoms with E-state index in [-0.39, 0.29) is 22.8 Å². The summed E-state index contributed by atoms with van der Waals surface area (Å²) in [6, 6.07) is 21.7. The first-order valence-corrected chi connectivity index (χ1v) is 8.97. The molecule has 4 nitrogen and oxygen atoms in total. The number of hydrogen-bond acceptors (Lipinski definition) is 2. The number of hydrogen-bond donors (Lipinski definition) is 1. The van der Waals surface area contributed by atoms with Crippen molar-refractivity contribution in [2.75, 3.05) is 7.11 Å². The Morgan fingerprint density at radius 3 is 2.57 bits per heavy atom. The maximum absolute atomic E-state index is 12.9. The van der Waals surface area contributed by atoms with Crippen LogP contribution >= 0.6 is 0 Å². The Kier molecular flexibility index (Phi) is 6.26. The molecule has 0 saturated carbocycles. The van der Waals surface area contributed by atoms with Crippen molar-refractivity contribution in [1.29, 1.82) is 0 Å². The van der Waals surface area contributed by atoms with Gasteiger partial charge >= 0.3 is 0 Å². The van der Waals surface area contributed by atoms with Gasteiger partial charge in [0.1, 0.15) is 5.75 Å². The van der Waals surface area contributed by atoms with Crippen molar-refractivity contribution >= 4 is 16.7 Å². The van der Waals surface area contributed by atoms with E-state index in [1.54, 1.807) is 7.11 Å². The predicted octanol–water partition coefficient (Wildman–Crippen LogP) is 0.942. The van der Waals surface area contributed by atoms with Gasteiger partial charge in [-0.2, -0.15) is 0 Å². The van der Waals surface area contributed by atoms with Crippen LogP contribution < -0.4 is 26.3 Å². The number of carbonyl (C=O) groups is 1. The summed E-state index contributed by atoms with van der Waals surface area (Å²) >= 11 is 0. The van der Waals surface area contributed by atoms with E-state index in [0.29, 0.717) is 11.3 Å². The van der Waals surface area contributed by atoms with Gasteiger partial charge in [-0.3, -0.25) is 4.79 Å². The van der Waals surface area contributed by atoms with Crippen molar-refractivity contribution in [2.24, 2.45) is 0 Å². The average molecular weight is 437 g/mol. The molecular weight excluding hydrogens is 416 g/mol. The third kappa shape index (κ3) is 4.31. The number of ketones is 1. The first-order valence-electron chi connectivity index (χ1n) is 8.97. The van der Waals surface area contributed by atoms with E-state index in [4.69, 9.17) is 4.74 Å². The number of methoxy groups -OCH3 is 1. The second-order valence-corrected chi connectivity index (χ2v) is 6.53. The monoisotopic (exact) mass is 436 g/mol. The van der Waals surface area contributed by atoms with E-state index in [2.05, 4.69) is 21.7 Å². The Labute approximate surface area is 174 Å². The highest BCUT2D eigenvalue weighted by atomic mass is 79.9. The number of aromatic amines is 1. The summed E-state index contributed by atoms with van der Waals surface area (Å²) < 4.78 is 7.25. The molecular formula is C23H21BrN2O2. The quantitative estimate of drug-likeness (QED) is 0.361. The number of carbonyl (C=O) groups excluding carboxylic acids is 1. The lowest BCUT2D eigenvalue weighted by Gasteiger charge is -2.03. The van der Waals surface area contributed by atoms with Gasteiger partial charge in [-0.1, -0.05) is 30.3 Å². The normalized spacial score (nSPS) is 10.5. The number of aromatic nitrogens is 2. The van der Waals surface area contributed by atoms with Crippen LogP contribution in [-0.4, -0.2) is 17.9 Å². The van der Waals surface area contributed by atoms with Crippen LogP contribution in [0.3, 0.4) is 0 Å². The topological polar surface area (TPSA) is 46.0 Å². The maximum atomic E-state index is 12.9. The minimum atomic E-state index is 0. The molecule has 0 radical (unpaired) electrons. The Morgan fingerprint density at radius 2 is 1.82 bits per heavy atom. The molecule has 0 bridgehead atoms. The number of fused-ring (bicyclic) bond motifs is 1. The molecule has 2 aromatic heterocycles. The van der Waals surface area contributed by atoms with Gasteiger partial charge in [0.2, 0.25) is 5.78 Å². The molecule has 2 aromatic carbocycles. The summed E-state index contributed by atoms with van der Waals surface area (Å²) in [5.41, 5.74) is 3.50. The highest BCUT2D eigenvalue weighted by Gasteiger charge is 2.15. The molecule has 2 heterocycles. The van der Waals surface area contributed by atoms with Crippen LogP contribution in [0, 0.1) is 0 Å². The minimum absolute atomic E-state index is 0. The van der Waals surface area contributed by atoms with Crippen LogP contribution in [0.5, 0.6) is 5.75 Å². The Morgan fingerprint density at radius 1 is 1.04 bits per heavy atom. The number of pyridine rings is 1. The van der Waals surface area contributed by atoms with Crippen LogP contribution in [0.4, 0.5) is 0 Å². The van der Waals surface area contributed by atoms with Gasteiger partial charge < -0.3 is 26.7 Å². The second-order valence-electron chi connectivity index (χ2n) is 6.53. The number of halogens is 1. The fraction of sp³-hybridized carbons (Fsp3) is 0.130. The number of ether oxygens (including phenoxy) is 1. The molecule has 0 atom stereocenters. The number of nitrogens with zero attached hydrogens (tertiary/aromatic N) is 1. The highest BCUT2D eigenvalue weighted by molar-refractivity contribution is 6.09. The van der Waals surface area contributed by atoms with Crippen molar-refractivity contribution in [3.8, 4) is 5.75 Å². The zero-order valence-corrected chi connectivity index (χ0v) is 17.1. The van der Waals surface area contributed by atoms with Crippen molar-refractivity contribution in [3.05, 3.63) is 95.9 Å². The van der Waals surface area contributed by atoms with Gasteiger partial charge in [0, 0.05) is 23.4 Å². The summed E-state index contributed by atoms with van der Waals surface area (Å²) in [7, 11) is 1.67. The number of para-hydroxylation sites is 1. The van der Waals surface area contributed by atoms with Gasteiger partial charge in [0.25, 0.3) is 0 Å². The molecule has 4 aromatic rings. The van der Waals surface area contributed by atoms with E-state index in [9.17, 15) is 4.79 Å². The van der Waals surface area contributed by atoms with Crippen molar-refractivity contribution in [3.63, 3.8) is 0 Å². The molecule has 0 amide bonds. The maximum Gasteiger partial charge on any atom is 0.215 e. The largest absolute Gasteiger partial charge is 1.00 e. The van der Waals surface area contributed by atoms with E-state index in [0.717, 1.165) is 29.6 Å². The summed E-state index contributed by atoms with van der Waals surface area (Å²) in [5.74, 6) is 0.863. The minimum Gasteiger partial charge on any atom is -1.00 e. The molecule has 4 rings (SSSR count). The first-order chi connectivity index (χ1) is 13.2. The number of rotatable bonds is 6. The smallest absolute Gasteiger partial charge is 0.215 e. The lowest BCUT2D eigenvalue weighted by atomic mass is 10.1. The lowest BCUT2D eigenvalue weighted by molar-refractivity contribution is -0.696. The van der Waals surface area contributed by atoms with Crippen molar-refractivity contribution < 1.29 is 31.1 Å². The molecule has 28 heavy (non-hydrogen) atoms. The zero-order chi connectivity index (χ0) is 18.6. The third-order valence-corrected chi connectivity index (χ3v) is 4.71. The fourth-order valence-corrected chi connectivity index (χ4v) is 3.20. The number of H-pyrrole nitrogens is 1. The van der Waals surface area contributed by atoms with Crippen LogP contribution in [0.2, 0.25) is 0 Å². The molecule has 0 fully saturated rings. The van der Waals surface area contributed by atoms with Crippen LogP contribution in [-0.2, 0) is 13.0 Å².